The van der Waals surface area contributed by atoms with Gasteiger partial charge in [-0.3, -0.25) is 14.4 Å². The van der Waals surface area contributed by atoms with E-state index in [0.717, 1.165) is 27.7 Å². The molecule has 7 rings (SSSR count). The van der Waals surface area contributed by atoms with Crippen LogP contribution in [0.3, 0.4) is 0 Å². The largest absolute Gasteiger partial charge is 0.276 e. The number of imide groups is 1. The van der Waals surface area contributed by atoms with E-state index in [0.29, 0.717) is 12.3 Å². The molecule has 0 radical (unpaired) electrons. The molecule has 8 nitrogen and oxygen atoms in total. The Balaban J connectivity index is 1.33. The van der Waals surface area contributed by atoms with Crippen molar-refractivity contribution in [2.45, 2.75) is 57.7 Å². The lowest BCUT2D eigenvalue weighted by Crippen LogP contribution is -2.51. The first-order chi connectivity index (χ1) is 17.5. The number of benzene rings is 2. The summed E-state index contributed by atoms with van der Waals surface area (Å²) in [4.78, 5) is 41.3. The Bertz CT molecular complexity index is 1470. The van der Waals surface area contributed by atoms with Gasteiger partial charge in [-0.1, -0.05) is 56.3 Å². The Morgan fingerprint density at radius 3 is 2.11 bits per heavy atom. The number of hydrogen-bond donors (Lipinski definition) is 0. The summed E-state index contributed by atoms with van der Waals surface area (Å²) in [6.45, 7) is 5.95. The van der Waals surface area contributed by atoms with Crippen LogP contribution in [0.4, 0.5) is 0 Å². The van der Waals surface area contributed by atoms with Crippen LogP contribution in [0.15, 0.2) is 54.6 Å². The third kappa shape index (κ3) is 2.57. The van der Waals surface area contributed by atoms with E-state index in [1.54, 1.807) is 31.2 Å². The van der Waals surface area contributed by atoms with Crippen LogP contribution < -0.4 is 0 Å². The number of fused-ring (bicyclic) bond motifs is 2. The number of sulfonamides is 1. The van der Waals surface area contributed by atoms with Gasteiger partial charge < -0.3 is 0 Å². The molecular weight excluding hydrogens is 490 g/mol. The van der Waals surface area contributed by atoms with Crippen LogP contribution >= 0.6 is 0 Å². The maximum absolute atomic E-state index is 14.5. The highest BCUT2D eigenvalue weighted by Crippen LogP contribution is 2.71. The summed E-state index contributed by atoms with van der Waals surface area (Å²) in [5, 5.41) is 2.54. The fraction of sp³-hybridized carbons (Fsp3) is 0.464. The molecule has 3 heterocycles. The third-order valence-corrected chi connectivity index (χ3v) is 12.2. The van der Waals surface area contributed by atoms with Crippen LogP contribution in [0.1, 0.15) is 72.4 Å². The molecule has 2 saturated carbocycles. The van der Waals surface area contributed by atoms with E-state index in [-0.39, 0.29) is 22.3 Å². The highest BCUT2D eigenvalue weighted by atomic mass is 32.2. The van der Waals surface area contributed by atoms with E-state index in [1.165, 1.54) is 5.01 Å². The Morgan fingerprint density at radius 1 is 0.919 bits per heavy atom. The fourth-order valence-electron chi connectivity index (χ4n) is 8.16. The zero-order valence-electron chi connectivity index (χ0n) is 21.0. The molecule has 3 amide bonds. The number of hydrogen-bond acceptors (Lipinski definition) is 6. The first kappa shape index (κ1) is 23.1. The second kappa shape index (κ2) is 6.88. The van der Waals surface area contributed by atoms with Crippen molar-refractivity contribution in [1.29, 1.82) is 0 Å². The van der Waals surface area contributed by atoms with Gasteiger partial charge in [-0.05, 0) is 55.2 Å². The van der Waals surface area contributed by atoms with Crippen molar-refractivity contribution >= 4 is 27.7 Å². The Morgan fingerprint density at radius 2 is 1.51 bits per heavy atom. The predicted molar refractivity (Wildman–Crippen MR) is 134 cm³/mol. The van der Waals surface area contributed by atoms with Gasteiger partial charge in [-0.2, -0.15) is 10.0 Å². The van der Waals surface area contributed by atoms with Crippen LogP contribution in [-0.4, -0.2) is 57.8 Å². The number of hydrazine groups is 1. The molecule has 37 heavy (non-hydrogen) atoms. The lowest BCUT2D eigenvalue weighted by molar-refractivity contribution is -0.133. The summed E-state index contributed by atoms with van der Waals surface area (Å²) in [7, 11) is -3.87. The summed E-state index contributed by atoms with van der Waals surface area (Å²) >= 11 is 0. The lowest BCUT2D eigenvalue weighted by atomic mass is 9.69. The molecule has 0 N–H and O–H groups in total. The number of carbonyl (C=O) groups excluding carboxylic acids is 3. The molecule has 0 aromatic heterocycles. The molecule has 5 aliphatic rings. The third-order valence-electron chi connectivity index (χ3n) is 10.3. The van der Waals surface area contributed by atoms with Crippen LogP contribution in [0.2, 0.25) is 0 Å². The molecule has 2 aliphatic carbocycles. The predicted octanol–water partition coefficient (Wildman–Crippen LogP) is 3.38. The van der Waals surface area contributed by atoms with E-state index >= 15 is 0 Å². The fourth-order valence-corrected chi connectivity index (χ4v) is 10.8. The molecule has 2 bridgehead atoms. The maximum Gasteiger partial charge on any atom is 0.276 e. The van der Waals surface area contributed by atoms with Gasteiger partial charge in [0.1, 0.15) is 5.54 Å². The summed E-state index contributed by atoms with van der Waals surface area (Å²) in [6.07, 6.45) is 2.43. The van der Waals surface area contributed by atoms with Gasteiger partial charge in [-0.15, -0.1) is 0 Å². The number of rotatable bonds is 3. The summed E-state index contributed by atoms with van der Waals surface area (Å²) in [6, 6.07) is 14.7. The van der Waals surface area contributed by atoms with Crippen LogP contribution in [0, 0.1) is 16.7 Å². The minimum atomic E-state index is -3.87. The second-order valence-corrected chi connectivity index (χ2v) is 13.8. The molecule has 2 saturated heterocycles. The van der Waals surface area contributed by atoms with Gasteiger partial charge in [0, 0.05) is 5.41 Å². The summed E-state index contributed by atoms with van der Waals surface area (Å²) in [5.41, 5.74) is -0.730. The molecule has 192 valence electrons. The van der Waals surface area contributed by atoms with Crippen molar-refractivity contribution in [3.8, 4) is 0 Å². The van der Waals surface area contributed by atoms with Gasteiger partial charge in [0.05, 0.1) is 29.0 Å². The van der Waals surface area contributed by atoms with Crippen molar-refractivity contribution in [3.05, 3.63) is 71.3 Å². The standard InChI is InChI=1S/C28H29N3O5S/c1-26(2)18-13-14-28(26)16-37(35,36)30(21(28)15-18)25(34)27(3)22(17-9-5-4-6-10-17)31(27)29-23(32)19-11-7-8-12-20(19)24(29)33/h4-12,18,21-22H,13-16H2,1-3H3/t18-,21-,22+,27-,28-,31?/m1/s1. The van der Waals surface area contributed by atoms with E-state index < -0.39 is 50.8 Å². The normalized spacial score (nSPS) is 38.1. The molecule has 2 aromatic rings. The number of carbonyl (C=O) groups is 3. The first-order valence-electron chi connectivity index (χ1n) is 12.9. The smallest absolute Gasteiger partial charge is 0.271 e. The maximum atomic E-state index is 14.5. The molecule has 1 unspecified atom stereocenters. The Hall–Kier alpha value is -3.04. The van der Waals surface area contributed by atoms with Crippen LogP contribution in [0.5, 0.6) is 0 Å². The van der Waals surface area contributed by atoms with Gasteiger partial charge in [0.15, 0.2) is 0 Å². The van der Waals surface area contributed by atoms with Gasteiger partial charge in [0.25, 0.3) is 17.7 Å². The molecule has 1 spiro atoms. The number of nitrogens with zero attached hydrogens (tertiary/aromatic N) is 3. The van der Waals surface area contributed by atoms with Gasteiger partial charge in [-0.25, -0.2) is 12.7 Å². The summed E-state index contributed by atoms with van der Waals surface area (Å²) < 4.78 is 28.5. The highest BCUT2D eigenvalue weighted by Gasteiger charge is 2.77. The lowest BCUT2D eigenvalue weighted by Gasteiger charge is -2.37. The molecule has 2 aromatic carbocycles. The SMILES string of the molecule is CC1(C)[C@@H]2CC[C@]13CS(=O)(=O)N(C(=O)[C@@]1(C)[C@H](c4ccccc4)N1N1C(=O)c4ccccc4C1=O)[C@@H]3C2. The number of amides is 3. The van der Waals surface area contributed by atoms with E-state index in [1.807, 2.05) is 30.3 Å². The second-order valence-electron chi connectivity index (χ2n) is 12.0. The van der Waals surface area contributed by atoms with Crippen molar-refractivity contribution in [1.82, 2.24) is 14.3 Å². The quantitative estimate of drug-likeness (QED) is 0.456. The van der Waals surface area contributed by atoms with E-state index in [9.17, 15) is 22.8 Å². The monoisotopic (exact) mass is 519 g/mol. The van der Waals surface area contributed by atoms with Crippen molar-refractivity contribution in [3.63, 3.8) is 0 Å². The van der Waals surface area contributed by atoms with E-state index in [4.69, 9.17) is 0 Å². The molecule has 6 atom stereocenters. The average Bonchev–Trinajstić information content (AvgIpc) is 3.01. The zero-order valence-corrected chi connectivity index (χ0v) is 21.9. The van der Waals surface area contributed by atoms with Gasteiger partial charge in [0.2, 0.25) is 10.0 Å². The van der Waals surface area contributed by atoms with E-state index in [2.05, 4.69) is 13.8 Å². The minimum Gasteiger partial charge on any atom is -0.271 e. The van der Waals surface area contributed by atoms with Crippen molar-refractivity contribution in [2.75, 3.05) is 5.75 Å². The average molecular weight is 520 g/mol. The van der Waals surface area contributed by atoms with Crippen LogP contribution in [0.25, 0.3) is 0 Å². The Kier molecular flexibility index (Phi) is 4.30. The first-order valence-corrected chi connectivity index (χ1v) is 14.5. The zero-order chi connectivity index (χ0) is 26.1. The summed E-state index contributed by atoms with van der Waals surface area (Å²) in [5.74, 6) is -1.21. The van der Waals surface area contributed by atoms with Gasteiger partial charge >= 0.3 is 0 Å². The van der Waals surface area contributed by atoms with Crippen molar-refractivity contribution < 1.29 is 22.8 Å². The topological polar surface area (TPSA) is 94.8 Å². The molecular formula is C28H29N3O5S. The highest BCUT2D eigenvalue weighted by molar-refractivity contribution is 7.90. The molecule has 4 fully saturated rings. The molecule has 9 heteroatoms. The molecule has 3 aliphatic heterocycles. The van der Waals surface area contributed by atoms with Crippen LogP contribution in [-0.2, 0) is 14.8 Å². The Labute approximate surface area is 216 Å². The minimum absolute atomic E-state index is 0.0288. The van der Waals surface area contributed by atoms with Crippen molar-refractivity contribution in [2.24, 2.45) is 16.7 Å².